The normalized spacial score (nSPS) is 17.6. The van der Waals surface area contributed by atoms with Crippen LogP contribution in [0.25, 0.3) is 21.3 Å². The zero-order valence-corrected chi connectivity index (χ0v) is 19.0. The van der Waals surface area contributed by atoms with Crippen LogP contribution in [0, 0.1) is 29.3 Å². The first-order chi connectivity index (χ1) is 16.8. The van der Waals surface area contributed by atoms with Crippen molar-refractivity contribution < 1.29 is 27.9 Å². The van der Waals surface area contributed by atoms with Crippen LogP contribution in [0.3, 0.4) is 0 Å². The first kappa shape index (κ1) is 23.0. The molecule has 0 bridgehead atoms. The number of aliphatic carboxylic acids is 1. The van der Waals surface area contributed by atoms with Gasteiger partial charge >= 0.3 is 5.97 Å². The number of hydrogen-bond acceptors (Lipinski definition) is 5. The van der Waals surface area contributed by atoms with Crippen LogP contribution >= 0.6 is 11.3 Å². The lowest BCUT2D eigenvalue weighted by Gasteiger charge is -2.15. The Labute approximate surface area is 202 Å². The van der Waals surface area contributed by atoms with Gasteiger partial charge in [-0.3, -0.25) is 9.59 Å². The number of aromatic nitrogens is 1. The van der Waals surface area contributed by atoms with Crippen molar-refractivity contribution in [2.75, 3.05) is 5.32 Å². The van der Waals surface area contributed by atoms with E-state index in [-0.39, 0.29) is 22.1 Å². The molecule has 35 heavy (non-hydrogen) atoms. The maximum Gasteiger partial charge on any atom is 0.307 e. The topological polar surface area (TPSA) is 79.3 Å². The van der Waals surface area contributed by atoms with E-state index in [0.717, 1.165) is 17.4 Å². The van der Waals surface area contributed by atoms with Crippen molar-refractivity contribution in [2.24, 2.45) is 11.8 Å². The van der Waals surface area contributed by atoms with Gasteiger partial charge in [0.05, 0.1) is 16.3 Å². The van der Waals surface area contributed by atoms with Gasteiger partial charge in [0.15, 0.2) is 16.7 Å². The molecule has 3 aromatic carbocycles. The number of Topliss-reactive ketones (excluding diaryl/α,β-unsaturated/α-hetero) is 1. The summed E-state index contributed by atoms with van der Waals surface area (Å²) in [4.78, 5) is 28.3. The number of halogens is 3. The summed E-state index contributed by atoms with van der Waals surface area (Å²) in [6.45, 7) is 0. The molecule has 0 aliphatic heterocycles. The first-order valence-corrected chi connectivity index (χ1v) is 11.8. The number of nitrogens with one attached hydrogen (secondary N) is 1. The minimum Gasteiger partial charge on any atom is -0.481 e. The van der Waals surface area contributed by atoms with Crippen LogP contribution in [-0.2, 0) is 4.79 Å². The zero-order valence-electron chi connectivity index (χ0n) is 18.2. The molecule has 2 N–H and O–H groups in total. The summed E-state index contributed by atoms with van der Waals surface area (Å²) in [6, 6.07) is 13.1. The molecule has 1 aliphatic carbocycles. The zero-order chi connectivity index (χ0) is 24.7. The summed E-state index contributed by atoms with van der Waals surface area (Å²) in [5.74, 6) is -4.35. The van der Waals surface area contributed by atoms with E-state index in [2.05, 4.69) is 10.3 Å². The van der Waals surface area contributed by atoms with Crippen LogP contribution < -0.4 is 5.32 Å². The second-order valence-corrected chi connectivity index (χ2v) is 9.53. The molecule has 2 atom stereocenters. The molecule has 5 rings (SSSR count). The Hall–Kier alpha value is -3.72. The molecule has 1 aliphatic rings. The van der Waals surface area contributed by atoms with Crippen LogP contribution in [0.15, 0.2) is 54.6 Å². The molecule has 2 unspecified atom stereocenters. The number of ketones is 1. The summed E-state index contributed by atoms with van der Waals surface area (Å²) < 4.78 is 42.4. The third-order valence-electron chi connectivity index (χ3n) is 6.30. The molecule has 0 saturated heterocycles. The molecule has 0 spiro atoms. The van der Waals surface area contributed by atoms with Crippen LogP contribution in [0.5, 0.6) is 0 Å². The Morgan fingerprint density at radius 3 is 2.34 bits per heavy atom. The Morgan fingerprint density at radius 2 is 1.63 bits per heavy atom. The third kappa shape index (κ3) is 4.51. The predicted octanol–water partition coefficient (Wildman–Crippen LogP) is 6.81. The number of fused-ring (bicyclic) bond motifs is 1. The van der Waals surface area contributed by atoms with Gasteiger partial charge in [0, 0.05) is 17.5 Å². The SMILES string of the molecule is O=C(O)C1CCCC1C(=O)c1ccc(-c2ccc(Nc3nc4c(F)cc(F)cc4s3)c(F)c2)cc1. The number of nitrogens with zero attached hydrogens (tertiary/aromatic N) is 1. The fraction of sp³-hybridized carbons (Fsp3) is 0.192. The van der Waals surface area contributed by atoms with E-state index in [1.165, 1.54) is 18.2 Å². The highest BCUT2D eigenvalue weighted by atomic mass is 32.1. The third-order valence-corrected chi connectivity index (χ3v) is 7.21. The monoisotopic (exact) mass is 496 g/mol. The number of carboxylic acid groups (broad SMARTS) is 1. The number of carbonyl (C=O) groups excluding carboxylic acids is 1. The van der Waals surface area contributed by atoms with Gasteiger partial charge in [-0.2, -0.15) is 0 Å². The van der Waals surface area contributed by atoms with Crippen molar-refractivity contribution >= 4 is 44.1 Å². The molecule has 1 saturated carbocycles. The molecule has 1 heterocycles. The summed E-state index contributed by atoms with van der Waals surface area (Å²) in [6.07, 6.45) is 1.79. The van der Waals surface area contributed by atoms with Crippen molar-refractivity contribution in [3.8, 4) is 11.1 Å². The number of rotatable bonds is 6. The first-order valence-electron chi connectivity index (χ1n) is 11.0. The van der Waals surface area contributed by atoms with E-state index in [1.807, 2.05) is 0 Å². The lowest BCUT2D eigenvalue weighted by molar-refractivity contribution is -0.142. The van der Waals surface area contributed by atoms with E-state index in [4.69, 9.17) is 0 Å². The maximum atomic E-state index is 14.8. The number of carbonyl (C=O) groups is 2. The van der Waals surface area contributed by atoms with Crippen molar-refractivity contribution in [1.29, 1.82) is 0 Å². The molecule has 9 heteroatoms. The Morgan fingerprint density at radius 1 is 0.914 bits per heavy atom. The average molecular weight is 497 g/mol. The second-order valence-electron chi connectivity index (χ2n) is 8.50. The van der Waals surface area contributed by atoms with E-state index in [0.29, 0.717) is 40.7 Å². The van der Waals surface area contributed by atoms with Gasteiger partial charge in [-0.15, -0.1) is 0 Å². The van der Waals surface area contributed by atoms with Gasteiger partial charge < -0.3 is 10.4 Å². The van der Waals surface area contributed by atoms with Gasteiger partial charge in [0.2, 0.25) is 0 Å². The largest absolute Gasteiger partial charge is 0.481 e. The summed E-state index contributed by atoms with van der Waals surface area (Å²) in [7, 11) is 0. The lowest BCUT2D eigenvalue weighted by atomic mass is 9.88. The molecule has 4 aromatic rings. The summed E-state index contributed by atoms with van der Waals surface area (Å²) in [5.41, 5.74) is 1.84. The molecule has 1 fully saturated rings. The highest BCUT2D eigenvalue weighted by Crippen LogP contribution is 2.35. The standard InChI is InChI=1S/C26H19F3N2O3S/c27-16-11-20(29)23-22(12-16)35-26(31-23)30-21-9-8-15(10-19(21)28)13-4-6-14(7-5-13)24(32)17-2-1-3-18(17)25(33)34/h4-12,17-18H,1-3H2,(H,30,31)(H,33,34). The maximum absolute atomic E-state index is 14.8. The highest BCUT2D eigenvalue weighted by molar-refractivity contribution is 7.22. The fourth-order valence-corrected chi connectivity index (χ4v) is 5.45. The minimum absolute atomic E-state index is 0.0119. The van der Waals surface area contributed by atoms with E-state index >= 15 is 0 Å². The van der Waals surface area contributed by atoms with Crippen LogP contribution in [-0.4, -0.2) is 21.8 Å². The molecular formula is C26H19F3N2O3S. The Kier molecular flexibility index (Phi) is 6.02. The van der Waals surface area contributed by atoms with E-state index in [9.17, 15) is 27.9 Å². The molecule has 0 amide bonds. The number of hydrogen-bond donors (Lipinski definition) is 2. The average Bonchev–Trinajstić information content (AvgIpc) is 3.47. The number of anilines is 2. The molecule has 0 radical (unpaired) electrons. The molecule has 5 nitrogen and oxygen atoms in total. The van der Waals surface area contributed by atoms with Crippen molar-refractivity contribution in [1.82, 2.24) is 4.98 Å². The van der Waals surface area contributed by atoms with Gasteiger partial charge in [-0.05, 0) is 42.2 Å². The quantitative estimate of drug-likeness (QED) is 0.287. The van der Waals surface area contributed by atoms with Crippen molar-refractivity contribution in [3.63, 3.8) is 0 Å². The Balaban J connectivity index is 1.33. The van der Waals surface area contributed by atoms with Gasteiger partial charge in [-0.25, -0.2) is 18.2 Å². The van der Waals surface area contributed by atoms with Crippen LogP contribution in [0.1, 0.15) is 29.6 Å². The Bertz CT molecular complexity index is 1450. The molecule has 178 valence electrons. The minimum atomic E-state index is -0.940. The smallest absolute Gasteiger partial charge is 0.307 e. The summed E-state index contributed by atoms with van der Waals surface area (Å²) >= 11 is 1.01. The molecule has 1 aromatic heterocycles. The van der Waals surface area contributed by atoms with Gasteiger partial charge in [-0.1, -0.05) is 48.1 Å². The second kappa shape index (κ2) is 9.14. The number of thiazole rings is 1. The highest BCUT2D eigenvalue weighted by Gasteiger charge is 2.37. The van der Waals surface area contributed by atoms with Crippen molar-refractivity contribution in [2.45, 2.75) is 19.3 Å². The lowest BCUT2D eigenvalue weighted by Crippen LogP contribution is -2.25. The van der Waals surface area contributed by atoms with Gasteiger partial charge in [0.1, 0.15) is 17.2 Å². The van der Waals surface area contributed by atoms with E-state index < -0.39 is 35.3 Å². The van der Waals surface area contributed by atoms with Crippen LogP contribution in [0.2, 0.25) is 0 Å². The van der Waals surface area contributed by atoms with E-state index in [1.54, 1.807) is 30.3 Å². The number of carboxylic acids is 1. The molecular weight excluding hydrogens is 477 g/mol. The fourth-order valence-electron chi connectivity index (χ4n) is 4.53. The van der Waals surface area contributed by atoms with Crippen LogP contribution in [0.4, 0.5) is 24.0 Å². The predicted molar refractivity (Wildman–Crippen MR) is 127 cm³/mol. The van der Waals surface area contributed by atoms with Crippen molar-refractivity contribution in [3.05, 3.63) is 77.6 Å². The van der Waals surface area contributed by atoms with Gasteiger partial charge in [0.25, 0.3) is 0 Å². The number of benzene rings is 3. The summed E-state index contributed by atoms with van der Waals surface area (Å²) in [5, 5.41) is 12.4.